The predicted molar refractivity (Wildman–Crippen MR) is 38.1 cm³/mol. The number of rotatable bonds is 2. The molecule has 0 bridgehead atoms. The number of hydrogen-bond acceptors (Lipinski definition) is 3. The second-order valence-electron chi connectivity index (χ2n) is 1.87. The van der Waals surface area contributed by atoms with Gasteiger partial charge in [0.15, 0.2) is 0 Å². The van der Waals surface area contributed by atoms with E-state index >= 15 is 0 Å². The van der Waals surface area contributed by atoms with Gasteiger partial charge >= 0.3 is 6.08 Å². The smallest absolute Gasteiger partial charge is 0.308 e. The van der Waals surface area contributed by atoms with Crippen molar-refractivity contribution in [2.24, 2.45) is 0 Å². The molecule has 4 heteroatoms. The summed E-state index contributed by atoms with van der Waals surface area (Å²) >= 11 is 0. The second kappa shape index (κ2) is 3.78. The lowest BCUT2D eigenvalue weighted by molar-refractivity contribution is 0.343. The molecule has 11 heavy (non-hydrogen) atoms. The first-order valence-corrected chi connectivity index (χ1v) is 3.08. The Hall–Kier alpha value is -1.29. The molecule has 58 valence electrons. The zero-order valence-electron chi connectivity index (χ0n) is 5.74. The van der Waals surface area contributed by atoms with Gasteiger partial charge in [0.1, 0.15) is 0 Å². The molecule has 0 unspecified atom stereocenters. The molecule has 1 aromatic heterocycles. The Balaban J connectivity index is 2.73. The van der Waals surface area contributed by atoms with Crippen LogP contribution in [0.1, 0.15) is 5.56 Å². The zero-order valence-corrected chi connectivity index (χ0v) is 5.74. The Morgan fingerprint density at radius 2 is 2.09 bits per heavy atom. The first-order valence-electron chi connectivity index (χ1n) is 3.08. The fraction of sp³-hybridized carbons (Fsp3) is 0.143. The molecule has 0 aliphatic rings. The number of hydrogen-bond donors (Lipinski definition) is 1. The van der Waals surface area contributed by atoms with E-state index in [-0.39, 0.29) is 6.61 Å². The van der Waals surface area contributed by atoms with Crippen LogP contribution in [0.4, 0.5) is 4.39 Å². The number of aliphatic hydroxyl groups is 1. The van der Waals surface area contributed by atoms with Crippen molar-refractivity contribution in [3.05, 3.63) is 30.1 Å². The second-order valence-corrected chi connectivity index (χ2v) is 1.87. The van der Waals surface area contributed by atoms with Crippen LogP contribution in [0.25, 0.3) is 6.08 Å². The molecule has 0 saturated carbocycles. The Morgan fingerprint density at radius 1 is 1.45 bits per heavy atom. The normalized spacial score (nSPS) is 10.7. The van der Waals surface area contributed by atoms with Crippen molar-refractivity contribution >= 4 is 6.08 Å². The minimum Gasteiger partial charge on any atom is -0.392 e. The van der Waals surface area contributed by atoms with Crippen molar-refractivity contribution in [1.82, 2.24) is 9.97 Å². The Kier molecular flexibility index (Phi) is 2.68. The molecule has 0 amide bonds. The molecule has 1 aromatic rings. The Labute approximate surface area is 63.2 Å². The highest BCUT2D eigenvalue weighted by molar-refractivity contribution is 5.45. The summed E-state index contributed by atoms with van der Waals surface area (Å²) in [6, 6.07) is 0. The van der Waals surface area contributed by atoms with Crippen LogP contribution in [-0.2, 0) is 0 Å². The average molecular weight is 154 g/mol. The third-order valence-corrected chi connectivity index (χ3v) is 1.06. The van der Waals surface area contributed by atoms with E-state index in [0.717, 1.165) is 0 Å². The Bertz CT molecular complexity index is 245. The van der Waals surface area contributed by atoms with E-state index in [4.69, 9.17) is 5.11 Å². The highest BCUT2D eigenvalue weighted by Crippen LogP contribution is 1.97. The van der Waals surface area contributed by atoms with Crippen LogP contribution in [0, 0.1) is 6.08 Å². The standard InChI is InChI=1S/C7H7FN2O/c8-7-9-4-6(5-10-7)2-1-3-11/h1-2,4-5,11H,3H2. The third kappa shape index (κ3) is 2.43. The summed E-state index contributed by atoms with van der Waals surface area (Å²) in [4.78, 5) is 6.64. The summed E-state index contributed by atoms with van der Waals surface area (Å²) in [5.74, 6) is 0. The fourth-order valence-corrected chi connectivity index (χ4v) is 0.597. The maximum Gasteiger partial charge on any atom is 0.308 e. The number of aromatic nitrogens is 2. The molecule has 0 aliphatic heterocycles. The molecule has 0 fully saturated rings. The van der Waals surface area contributed by atoms with Gasteiger partial charge in [-0.05, 0) is 0 Å². The van der Waals surface area contributed by atoms with E-state index in [1.165, 1.54) is 18.5 Å². The van der Waals surface area contributed by atoms with Crippen LogP contribution in [0.15, 0.2) is 18.5 Å². The molecule has 0 aromatic carbocycles. The summed E-state index contributed by atoms with van der Waals surface area (Å²) < 4.78 is 12.1. The minimum absolute atomic E-state index is 0.0443. The van der Waals surface area contributed by atoms with Gasteiger partial charge in [0, 0.05) is 18.0 Å². The zero-order chi connectivity index (χ0) is 8.10. The largest absolute Gasteiger partial charge is 0.392 e. The van der Waals surface area contributed by atoms with Crippen molar-refractivity contribution < 1.29 is 9.50 Å². The van der Waals surface area contributed by atoms with Gasteiger partial charge in [0.2, 0.25) is 0 Å². The predicted octanol–water partition coefficient (Wildman–Crippen LogP) is 0.621. The van der Waals surface area contributed by atoms with E-state index in [1.807, 2.05) is 0 Å². The first kappa shape index (κ1) is 7.81. The summed E-state index contributed by atoms with van der Waals surface area (Å²) in [5, 5.41) is 8.38. The van der Waals surface area contributed by atoms with Gasteiger partial charge in [-0.15, -0.1) is 0 Å². The SMILES string of the molecule is OCC=Cc1cnc(F)nc1. The van der Waals surface area contributed by atoms with Gasteiger partial charge in [-0.25, -0.2) is 9.97 Å². The van der Waals surface area contributed by atoms with Gasteiger partial charge in [-0.2, -0.15) is 4.39 Å². The highest BCUT2D eigenvalue weighted by atomic mass is 19.1. The van der Waals surface area contributed by atoms with Crippen LogP contribution in [0.5, 0.6) is 0 Å². The Morgan fingerprint density at radius 3 is 2.64 bits per heavy atom. The van der Waals surface area contributed by atoms with E-state index in [9.17, 15) is 4.39 Å². The van der Waals surface area contributed by atoms with E-state index in [0.29, 0.717) is 5.56 Å². The number of nitrogens with zero attached hydrogens (tertiary/aromatic N) is 2. The average Bonchev–Trinajstić information content (AvgIpc) is 2.04. The van der Waals surface area contributed by atoms with Crippen molar-refractivity contribution in [2.45, 2.75) is 0 Å². The molecule has 0 saturated heterocycles. The van der Waals surface area contributed by atoms with Gasteiger partial charge in [0.25, 0.3) is 0 Å². The lowest BCUT2D eigenvalue weighted by Crippen LogP contribution is -1.87. The molecule has 1 heterocycles. The van der Waals surface area contributed by atoms with Crippen molar-refractivity contribution in [1.29, 1.82) is 0 Å². The van der Waals surface area contributed by atoms with E-state index in [1.54, 1.807) is 6.08 Å². The third-order valence-electron chi connectivity index (χ3n) is 1.06. The number of aliphatic hydroxyl groups excluding tert-OH is 1. The lowest BCUT2D eigenvalue weighted by atomic mass is 10.3. The van der Waals surface area contributed by atoms with Crippen LogP contribution >= 0.6 is 0 Å². The van der Waals surface area contributed by atoms with E-state index in [2.05, 4.69) is 9.97 Å². The topological polar surface area (TPSA) is 46.0 Å². The molecule has 0 atom stereocenters. The lowest BCUT2D eigenvalue weighted by Gasteiger charge is -1.89. The van der Waals surface area contributed by atoms with Crippen LogP contribution in [0.3, 0.4) is 0 Å². The molecule has 0 aliphatic carbocycles. The van der Waals surface area contributed by atoms with Crippen molar-refractivity contribution in [3.63, 3.8) is 0 Å². The quantitative estimate of drug-likeness (QED) is 0.635. The molecule has 1 N–H and O–H groups in total. The summed E-state index contributed by atoms with van der Waals surface area (Å²) in [6.07, 6.45) is 5.07. The fourth-order valence-electron chi connectivity index (χ4n) is 0.597. The number of halogens is 1. The monoisotopic (exact) mass is 154 g/mol. The maximum absolute atomic E-state index is 12.1. The van der Waals surface area contributed by atoms with Crippen molar-refractivity contribution in [3.8, 4) is 0 Å². The van der Waals surface area contributed by atoms with Gasteiger partial charge in [-0.1, -0.05) is 12.2 Å². The molecule has 0 spiro atoms. The van der Waals surface area contributed by atoms with Gasteiger partial charge in [-0.3, -0.25) is 0 Å². The van der Waals surface area contributed by atoms with Crippen LogP contribution < -0.4 is 0 Å². The summed E-state index contributed by atoms with van der Waals surface area (Å²) in [6.45, 7) is -0.0443. The molecule has 3 nitrogen and oxygen atoms in total. The molecule has 0 radical (unpaired) electrons. The van der Waals surface area contributed by atoms with Crippen LogP contribution in [0.2, 0.25) is 0 Å². The first-order chi connectivity index (χ1) is 5.33. The summed E-state index contributed by atoms with van der Waals surface area (Å²) in [5.41, 5.74) is 0.667. The van der Waals surface area contributed by atoms with Gasteiger partial charge in [0.05, 0.1) is 6.61 Å². The summed E-state index contributed by atoms with van der Waals surface area (Å²) in [7, 11) is 0. The van der Waals surface area contributed by atoms with E-state index < -0.39 is 6.08 Å². The maximum atomic E-state index is 12.1. The van der Waals surface area contributed by atoms with Crippen molar-refractivity contribution in [2.75, 3.05) is 6.61 Å². The molecular weight excluding hydrogens is 147 g/mol. The highest BCUT2D eigenvalue weighted by Gasteiger charge is 1.89. The minimum atomic E-state index is -0.744. The van der Waals surface area contributed by atoms with Gasteiger partial charge < -0.3 is 5.11 Å². The molecule has 1 rings (SSSR count). The van der Waals surface area contributed by atoms with Crippen LogP contribution in [-0.4, -0.2) is 21.7 Å². The molecular formula is C7H7FN2O.